The fourth-order valence-electron chi connectivity index (χ4n) is 2.47. The molecule has 0 aliphatic carbocycles. The highest BCUT2D eigenvalue weighted by molar-refractivity contribution is 7.89. The largest absolute Gasteiger partial charge is 0.342 e. The molecule has 1 rings (SSSR count). The first-order valence-electron chi connectivity index (χ1n) is 7.22. The summed E-state index contributed by atoms with van der Waals surface area (Å²) in [6.07, 6.45) is 2.23. The molecule has 0 N–H and O–H groups in total. The van der Waals surface area contributed by atoms with Crippen LogP contribution in [0, 0.1) is 11.3 Å². The van der Waals surface area contributed by atoms with Crippen molar-refractivity contribution in [1.29, 1.82) is 0 Å². The van der Waals surface area contributed by atoms with Gasteiger partial charge in [0.2, 0.25) is 15.9 Å². The van der Waals surface area contributed by atoms with Crippen LogP contribution in [0.25, 0.3) is 0 Å². The second-order valence-corrected chi connectivity index (χ2v) is 9.20. The topological polar surface area (TPSA) is 57.7 Å². The lowest BCUT2D eigenvalue weighted by atomic mass is 9.76. The number of carbonyl (C=O) groups excluding carboxylic acids is 1. The Morgan fingerprint density at radius 1 is 1.30 bits per heavy atom. The lowest BCUT2D eigenvalue weighted by molar-refractivity contribution is -0.133. The summed E-state index contributed by atoms with van der Waals surface area (Å²) in [5.41, 5.74) is 0.189. The predicted molar refractivity (Wildman–Crippen MR) is 80.8 cm³/mol. The first kappa shape index (κ1) is 17.4. The van der Waals surface area contributed by atoms with E-state index in [2.05, 4.69) is 20.8 Å². The van der Waals surface area contributed by atoms with Crippen LogP contribution in [0.15, 0.2) is 0 Å². The summed E-state index contributed by atoms with van der Waals surface area (Å²) in [5, 5.41) is 0. The molecule has 1 atom stereocenters. The Morgan fingerprint density at radius 2 is 1.90 bits per heavy atom. The van der Waals surface area contributed by atoms with Gasteiger partial charge in [-0.25, -0.2) is 12.7 Å². The van der Waals surface area contributed by atoms with Crippen LogP contribution in [-0.2, 0) is 14.8 Å². The smallest absolute Gasteiger partial charge is 0.223 e. The Morgan fingerprint density at radius 3 is 2.40 bits per heavy atom. The highest BCUT2D eigenvalue weighted by Gasteiger charge is 2.31. The van der Waals surface area contributed by atoms with Crippen molar-refractivity contribution in [3.05, 3.63) is 0 Å². The molecule has 0 saturated carbocycles. The first-order chi connectivity index (χ1) is 9.04. The molecule has 1 unspecified atom stereocenters. The zero-order valence-corrected chi connectivity index (χ0v) is 14.2. The van der Waals surface area contributed by atoms with Crippen LogP contribution >= 0.6 is 0 Å². The van der Waals surface area contributed by atoms with Crippen molar-refractivity contribution in [3.63, 3.8) is 0 Å². The number of sulfonamides is 1. The highest BCUT2D eigenvalue weighted by atomic mass is 32.2. The molecule has 1 fully saturated rings. The van der Waals surface area contributed by atoms with E-state index in [1.54, 1.807) is 0 Å². The van der Waals surface area contributed by atoms with E-state index in [4.69, 9.17) is 0 Å². The number of hydrogen-bond acceptors (Lipinski definition) is 3. The molecule has 0 spiro atoms. The molecular weight excluding hydrogens is 276 g/mol. The van der Waals surface area contributed by atoms with Crippen molar-refractivity contribution in [2.75, 3.05) is 32.9 Å². The summed E-state index contributed by atoms with van der Waals surface area (Å²) >= 11 is 0. The van der Waals surface area contributed by atoms with Gasteiger partial charge in [0.25, 0.3) is 0 Å². The lowest BCUT2D eigenvalue weighted by Crippen LogP contribution is -2.44. The average Bonchev–Trinajstić information content (AvgIpc) is 2.35. The van der Waals surface area contributed by atoms with E-state index in [1.807, 2.05) is 4.90 Å². The van der Waals surface area contributed by atoms with E-state index in [1.165, 1.54) is 18.4 Å². The molecule has 0 bridgehead atoms. The summed E-state index contributed by atoms with van der Waals surface area (Å²) < 4.78 is 24.6. The van der Waals surface area contributed by atoms with E-state index in [0.717, 1.165) is 25.9 Å². The maximum absolute atomic E-state index is 12.2. The normalized spacial score (nSPS) is 21.3. The van der Waals surface area contributed by atoms with Gasteiger partial charge in [-0.1, -0.05) is 20.8 Å². The Balaban J connectivity index is 2.56. The van der Waals surface area contributed by atoms with Crippen LogP contribution < -0.4 is 0 Å². The molecular formula is C14H28N2O3S. The van der Waals surface area contributed by atoms with Crippen LogP contribution in [0.4, 0.5) is 0 Å². The fraction of sp³-hybridized carbons (Fsp3) is 0.929. The van der Waals surface area contributed by atoms with Gasteiger partial charge in [-0.05, 0) is 24.2 Å². The second kappa shape index (κ2) is 6.43. The Hall–Kier alpha value is -0.620. The Bertz CT molecular complexity index is 438. The SMILES string of the molecule is CN(C)S(=O)(=O)CCC(=O)N1CCCC(C(C)(C)C)C1. The minimum Gasteiger partial charge on any atom is -0.342 e. The monoisotopic (exact) mass is 304 g/mol. The number of amides is 1. The average molecular weight is 304 g/mol. The Labute approximate surface area is 123 Å². The quantitative estimate of drug-likeness (QED) is 0.792. The van der Waals surface area contributed by atoms with E-state index >= 15 is 0 Å². The minimum atomic E-state index is -3.29. The molecule has 118 valence electrons. The maximum Gasteiger partial charge on any atom is 0.223 e. The standard InChI is InChI=1S/C14H28N2O3S/c1-14(2,3)12-7-6-9-16(11-12)13(17)8-10-20(18,19)15(4)5/h12H,6-11H2,1-5H3. The summed E-state index contributed by atoms with van der Waals surface area (Å²) in [6, 6.07) is 0. The maximum atomic E-state index is 12.2. The van der Waals surface area contributed by atoms with Gasteiger partial charge in [-0.2, -0.15) is 0 Å². The molecule has 0 aromatic heterocycles. The Kier molecular flexibility index (Phi) is 5.61. The molecule has 0 aromatic carbocycles. The van der Waals surface area contributed by atoms with Gasteiger partial charge in [0.05, 0.1) is 5.75 Å². The van der Waals surface area contributed by atoms with Gasteiger partial charge in [-0.3, -0.25) is 4.79 Å². The summed E-state index contributed by atoms with van der Waals surface area (Å²) in [7, 11) is -0.295. The summed E-state index contributed by atoms with van der Waals surface area (Å²) in [5.74, 6) is 0.352. The van der Waals surface area contributed by atoms with Crippen LogP contribution in [0.5, 0.6) is 0 Å². The van der Waals surface area contributed by atoms with Gasteiger partial charge < -0.3 is 4.90 Å². The highest BCUT2D eigenvalue weighted by Crippen LogP contribution is 2.33. The minimum absolute atomic E-state index is 0.0376. The molecule has 6 heteroatoms. The number of nitrogens with zero attached hydrogens (tertiary/aromatic N) is 2. The zero-order chi connectivity index (χ0) is 15.6. The van der Waals surface area contributed by atoms with Gasteiger partial charge in [0, 0.05) is 33.6 Å². The van der Waals surface area contributed by atoms with Crippen molar-refractivity contribution in [2.45, 2.75) is 40.0 Å². The van der Waals surface area contributed by atoms with Crippen molar-refractivity contribution in [1.82, 2.24) is 9.21 Å². The molecule has 5 nitrogen and oxygen atoms in total. The molecule has 0 aromatic rings. The number of carbonyl (C=O) groups is 1. The number of piperidine rings is 1. The third-order valence-electron chi connectivity index (χ3n) is 4.13. The molecule has 0 radical (unpaired) electrons. The van der Waals surface area contributed by atoms with Crippen molar-refractivity contribution in [3.8, 4) is 0 Å². The zero-order valence-electron chi connectivity index (χ0n) is 13.3. The molecule has 20 heavy (non-hydrogen) atoms. The van der Waals surface area contributed by atoms with E-state index in [0.29, 0.717) is 5.92 Å². The summed E-state index contributed by atoms with van der Waals surface area (Å²) in [6.45, 7) is 8.10. The van der Waals surface area contributed by atoms with Crippen LogP contribution in [0.3, 0.4) is 0 Å². The third-order valence-corrected chi connectivity index (χ3v) is 5.96. The van der Waals surface area contributed by atoms with Crippen LogP contribution in [0.2, 0.25) is 0 Å². The fourth-order valence-corrected chi connectivity index (χ4v) is 3.27. The van der Waals surface area contributed by atoms with E-state index in [-0.39, 0.29) is 23.5 Å². The number of hydrogen-bond donors (Lipinski definition) is 0. The lowest BCUT2D eigenvalue weighted by Gasteiger charge is -2.39. The molecule has 1 heterocycles. The molecule has 1 amide bonds. The van der Waals surface area contributed by atoms with E-state index in [9.17, 15) is 13.2 Å². The van der Waals surface area contributed by atoms with Crippen LogP contribution in [-0.4, -0.2) is 56.5 Å². The predicted octanol–water partition coefficient (Wildman–Crippen LogP) is 1.55. The van der Waals surface area contributed by atoms with Crippen molar-refractivity contribution < 1.29 is 13.2 Å². The van der Waals surface area contributed by atoms with Gasteiger partial charge in [0.1, 0.15) is 0 Å². The number of rotatable bonds is 4. The molecule has 1 aliphatic heterocycles. The van der Waals surface area contributed by atoms with Gasteiger partial charge >= 0.3 is 0 Å². The summed E-state index contributed by atoms with van der Waals surface area (Å²) in [4.78, 5) is 14.0. The molecule has 1 saturated heterocycles. The van der Waals surface area contributed by atoms with Crippen LogP contribution in [0.1, 0.15) is 40.0 Å². The second-order valence-electron chi connectivity index (χ2n) is 6.89. The third kappa shape index (κ3) is 4.74. The number of likely N-dealkylation sites (tertiary alicyclic amines) is 1. The molecule has 1 aliphatic rings. The van der Waals surface area contributed by atoms with E-state index < -0.39 is 10.0 Å². The van der Waals surface area contributed by atoms with Crippen molar-refractivity contribution in [2.24, 2.45) is 11.3 Å². The van der Waals surface area contributed by atoms with Gasteiger partial charge in [0.15, 0.2) is 0 Å². The van der Waals surface area contributed by atoms with Crippen molar-refractivity contribution >= 4 is 15.9 Å². The van der Waals surface area contributed by atoms with Gasteiger partial charge in [-0.15, -0.1) is 0 Å². The first-order valence-corrected chi connectivity index (χ1v) is 8.83.